The number of carbonyl (C=O) groups is 3. The molecule has 0 atom stereocenters. The molecule has 3 amide bonds. The molecule has 0 saturated heterocycles. The van der Waals surface area contributed by atoms with Crippen molar-refractivity contribution in [2.45, 2.75) is 26.7 Å². The SMILES string of the molecule is CCCCNC(=O)NC(=O)COC(=O)c1cc(C)ccc1OC. The normalized spacial score (nSPS) is 9.87. The highest BCUT2D eigenvalue weighted by Gasteiger charge is 2.16. The molecule has 0 unspecified atom stereocenters. The van der Waals surface area contributed by atoms with E-state index < -0.39 is 24.5 Å². The van der Waals surface area contributed by atoms with Crippen LogP contribution in [0.25, 0.3) is 0 Å². The number of carbonyl (C=O) groups excluding carboxylic acids is 3. The van der Waals surface area contributed by atoms with E-state index >= 15 is 0 Å². The van der Waals surface area contributed by atoms with Crippen LogP contribution in [0, 0.1) is 6.92 Å². The highest BCUT2D eigenvalue weighted by molar-refractivity contribution is 5.97. The molecule has 23 heavy (non-hydrogen) atoms. The van der Waals surface area contributed by atoms with Crippen LogP contribution >= 0.6 is 0 Å². The summed E-state index contributed by atoms with van der Waals surface area (Å²) in [6.45, 7) is 3.75. The summed E-state index contributed by atoms with van der Waals surface area (Å²) in [4.78, 5) is 34.9. The number of benzene rings is 1. The number of methoxy groups -OCH3 is 1. The number of nitrogens with one attached hydrogen (secondary N) is 2. The number of imide groups is 1. The van der Waals surface area contributed by atoms with Crippen molar-refractivity contribution < 1.29 is 23.9 Å². The molecular weight excluding hydrogens is 300 g/mol. The number of aryl methyl sites for hydroxylation is 1. The highest BCUT2D eigenvalue weighted by atomic mass is 16.5. The standard InChI is InChI=1S/C16H22N2O5/c1-4-5-8-17-16(21)18-14(19)10-23-15(20)12-9-11(2)6-7-13(12)22-3/h6-7,9H,4-5,8,10H2,1-3H3,(H2,17,18,19,21). The van der Waals surface area contributed by atoms with E-state index in [4.69, 9.17) is 9.47 Å². The first-order valence-corrected chi connectivity index (χ1v) is 7.37. The summed E-state index contributed by atoms with van der Waals surface area (Å²) in [5.74, 6) is -1.02. The molecule has 0 aliphatic carbocycles. The van der Waals surface area contributed by atoms with Gasteiger partial charge in [0.2, 0.25) is 0 Å². The van der Waals surface area contributed by atoms with Gasteiger partial charge in [-0.05, 0) is 25.5 Å². The van der Waals surface area contributed by atoms with Crippen LogP contribution < -0.4 is 15.4 Å². The Morgan fingerprint density at radius 3 is 2.61 bits per heavy atom. The summed E-state index contributed by atoms with van der Waals surface area (Å²) in [6, 6.07) is 4.44. The fourth-order valence-electron chi connectivity index (χ4n) is 1.78. The molecule has 2 N–H and O–H groups in total. The Bertz CT molecular complexity index is 572. The Kier molecular flexibility index (Phi) is 7.59. The van der Waals surface area contributed by atoms with Crippen molar-refractivity contribution >= 4 is 17.9 Å². The lowest BCUT2D eigenvalue weighted by molar-refractivity contribution is -0.123. The van der Waals surface area contributed by atoms with E-state index in [0.717, 1.165) is 18.4 Å². The van der Waals surface area contributed by atoms with Gasteiger partial charge in [0.25, 0.3) is 5.91 Å². The zero-order valence-corrected chi connectivity index (χ0v) is 13.6. The van der Waals surface area contributed by atoms with Gasteiger partial charge in [0.05, 0.1) is 7.11 Å². The Labute approximate surface area is 135 Å². The van der Waals surface area contributed by atoms with Crippen LogP contribution in [0.2, 0.25) is 0 Å². The summed E-state index contributed by atoms with van der Waals surface area (Å²) in [5.41, 5.74) is 1.09. The van der Waals surface area contributed by atoms with Crippen LogP contribution in [0.5, 0.6) is 5.75 Å². The van der Waals surface area contributed by atoms with Crippen LogP contribution in [-0.2, 0) is 9.53 Å². The maximum absolute atomic E-state index is 12.0. The molecule has 1 aromatic rings. The van der Waals surface area contributed by atoms with Gasteiger partial charge in [0.1, 0.15) is 11.3 Å². The summed E-state index contributed by atoms with van der Waals surface area (Å²) in [7, 11) is 1.44. The predicted octanol–water partition coefficient (Wildman–Crippen LogP) is 1.79. The lowest BCUT2D eigenvalue weighted by atomic mass is 10.1. The van der Waals surface area contributed by atoms with E-state index in [1.54, 1.807) is 18.2 Å². The van der Waals surface area contributed by atoms with Crippen LogP contribution in [-0.4, -0.2) is 38.2 Å². The van der Waals surface area contributed by atoms with Crippen LogP contribution in [0.4, 0.5) is 4.79 Å². The molecule has 0 aliphatic heterocycles. The first-order chi connectivity index (χ1) is 11.0. The van der Waals surface area contributed by atoms with Gasteiger partial charge in [-0.1, -0.05) is 25.0 Å². The lowest BCUT2D eigenvalue weighted by Crippen LogP contribution is -2.41. The van der Waals surface area contributed by atoms with E-state index in [-0.39, 0.29) is 5.56 Å². The van der Waals surface area contributed by atoms with Gasteiger partial charge in [0.15, 0.2) is 6.61 Å². The minimum Gasteiger partial charge on any atom is -0.496 e. The summed E-state index contributed by atoms with van der Waals surface area (Å²) in [5, 5.41) is 4.62. The van der Waals surface area contributed by atoms with Crippen molar-refractivity contribution in [3.63, 3.8) is 0 Å². The third-order valence-corrected chi connectivity index (χ3v) is 2.98. The van der Waals surface area contributed by atoms with E-state index in [1.165, 1.54) is 7.11 Å². The summed E-state index contributed by atoms with van der Waals surface area (Å²) in [6.07, 6.45) is 1.76. The van der Waals surface area contributed by atoms with Crippen LogP contribution in [0.15, 0.2) is 18.2 Å². The maximum Gasteiger partial charge on any atom is 0.342 e. The monoisotopic (exact) mass is 322 g/mol. The van der Waals surface area contributed by atoms with Gasteiger partial charge in [-0.25, -0.2) is 9.59 Å². The first kappa shape index (κ1) is 18.5. The zero-order valence-electron chi connectivity index (χ0n) is 13.6. The second-order valence-corrected chi connectivity index (χ2v) is 4.94. The van der Waals surface area contributed by atoms with Crippen molar-refractivity contribution in [2.75, 3.05) is 20.3 Å². The first-order valence-electron chi connectivity index (χ1n) is 7.37. The average molecular weight is 322 g/mol. The number of hydrogen-bond acceptors (Lipinski definition) is 5. The van der Waals surface area contributed by atoms with Gasteiger partial charge in [-0.3, -0.25) is 10.1 Å². The molecule has 0 saturated carbocycles. The second-order valence-electron chi connectivity index (χ2n) is 4.94. The van der Waals surface area contributed by atoms with E-state index in [9.17, 15) is 14.4 Å². The van der Waals surface area contributed by atoms with Crippen molar-refractivity contribution in [3.8, 4) is 5.75 Å². The topological polar surface area (TPSA) is 93.7 Å². The molecule has 126 valence electrons. The van der Waals surface area contributed by atoms with Gasteiger partial charge in [0, 0.05) is 6.54 Å². The minimum atomic E-state index is -0.695. The molecule has 0 aliphatic rings. The number of amides is 3. The van der Waals surface area contributed by atoms with Gasteiger partial charge < -0.3 is 14.8 Å². The number of rotatable bonds is 7. The number of esters is 1. The van der Waals surface area contributed by atoms with Crippen molar-refractivity contribution in [1.29, 1.82) is 0 Å². The summed E-state index contributed by atoms with van der Waals surface area (Å²) < 4.78 is 9.99. The smallest absolute Gasteiger partial charge is 0.342 e. The van der Waals surface area contributed by atoms with E-state index in [2.05, 4.69) is 10.6 Å². The van der Waals surface area contributed by atoms with Gasteiger partial charge in [-0.2, -0.15) is 0 Å². The summed E-state index contributed by atoms with van der Waals surface area (Å²) >= 11 is 0. The fourth-order valence-corrected chi connectivity index (χ4v) is 1.78. The van der Waals surface area contributed by atoms with Gasteiger partial charge >= 0.3 is 12.0 Å². The molecule has 7 nitrogen and oxygen atoms in total. The van der Waals surface area contributed by atoms with E-state index in [0.29, 0.717) is 12.3 Å². The number of ether oxygens (including phenoxy) is 2. The zero-order chi connectivity index (χ0) is 17.2. The average Bonchev–Trinajstić information content (AvgIpc) is 2.52. The maximum atomic E-state index is 12.0. The molecule has 0 heterocycles. The molecular formula is C16H22N2O5. The third-order valence-electron chi connectivity index (χ3n) is 2.98. The molecule has 7 heteroatoms. The van der Waals surface area contributed by atoms with Gasteiger partial charge in [-0.15, -0.1) is 0 Å². The minimum absolute atomic E-state index is 0.229. The quantitative estimate of drug-likeness (QED) is 0.589. The Morgan fingerprint density at radius 1 is 1.22 bits per heavy atom. The van der Waals surface area contributed by atoms with Crippen molar-refractivity contribution in [2.24, 2.45) is 0 Å². The Balaban J connectivity index is 2.48. The largest absolute Gasteiger partial charge is 0.496 e. The van der Waals surface area contributed by atoms with E-state index in [1.807, 2.05) is 13.8 Å². The molecule has 0 spiro atoms. The van der Waals surface area contributed by atoms with Crippen LogP contribution in [0.3, 0.4) is 0 Å². The van der Waals surface area contributed by atoms with Crippen molar-refractivity contribution in [1.82, 2.24) is 10.6 Å². The molecule has 1 rings (SSSR count). The highest BCUT2D eigenvalue weighted by Crippen LogP contribution is 2.20. The fraction of sp³-hybridized carbons (Fsp3) is 0.438. The second kappa shape index (κ2) is 9.45. The lowest BCUT2D eigenvalue weighted by Gasteiger charge is -2.10. The Morgan fingerprint density at radius 2 is 1.96 bits per heavy atom. The molecule has 0 fully saturated rings. The molecule has 0 bridgehead atoms. The molecule has 1 aromatic carbocycles. The number of urea groups is 1. The van der Waals surface area contributed by atoms with Crippen LogP contribution in [0.1, 0.15) is 35.7 Å². The number of hydrogen-bond donors (Lipinski definition) is 2. The third kappa shape index (κ3) is 6.37. The predicted molar refractivity (Wildman–Crippen MR) is 84.5 cm³/mol. The van der Waals surface area contributed by atoms with Crippen molar-refractivity contribution in [3.05, 3.63) is 29.3 Å². The number of unbranched alkanes of at least 4 members (excludes halogenated alkanes) is 1. The molecule has 0 radical (unpaired) electrons. The Hall–Kier alpha value is -2.57. The molecule has 0 aromatic heterocycles.